The molecule has 1 saturated heterocycles. The van der Waals surface area contributed by atoms with E-state index in [2.05, 4.69) is 25.7 Å². The highest BCUT2D eigenvalue weighted by Gasteiger charge is 2.42. The van der Waals surface area contributed by atoms with Crippen LogP contribution in [0.2, 0.25) is 0 Å². The van der Waals surface area contributed by atoms with Crippen molar-refractivity contribution >= 4 is 23.1 Å². The van der Waals surface area contributed by atoms with Crippen molar-refractivity contribution in [3.63, 3.8) is 0 Å². The third kappa shape index (κ3) is 4.43. The van der Waals surface area contributed by atoms with Gasteiger partial charge in [0, 0.05) is 13.1 Å². The summed E-state index contributed by atoms with van der Waals surface area (Å²) >= 11 is 0. The molecule has 2 aliphatic rings. The van der Waals surface area contributed by atoms with Gasteiger partial charge < -0.3 is 9.64 Å². The fourth-order valence-electron chi connectivity index (χ4n) is 4.21. The van der Waals surface area contributed by atoms with E-state index < -0.39 is 0 Å². The normalized spacial score (nSPS) is 17.7. The van der Waals surface area contributed by atoms with Crippen molar-refractivity contribution in [2.24, 2.45) is 11.8 Å². The molecule has 0 spiro atoms. The zero-order valence-corrected chi connectivity index (χ0v) is 19.4. The predicted molar refractivity (Wildman–Crippen MR) is 127 cm³/mol. The fourth-order valence-corrected chi connectivity index (χ4v) is 4.21. The number of carbonyl (C=O) groups is 2. The molecule has 0 atom stereocenters. The van der Waals surface area contributed by atoms with E-state index in [1.54, 1.807) is 0 Å². The molecule has 2 amide bonds. The zero-order chi connectivity index (χ0) is 22.8. The maximum Gasteiger partial charge on any atom is 0.282 e. The molecule has 2 heterocycles. The SMILES string of the molecule is Cc1ccc(N2C(=O)C(c3ccc(OCC(C)C)cc3)=C(N3CCC(C)CC3)C2=O)cc1. The van der Waals surface area contributed by atoms with Crippen LogP contribution in [0, 0.1) is 18.8 Å². The Labute approximate surface area is 190 Å². The first kappa shape index (κ1) is 22.1. The highest BCUT2D eigenvalue weighted by atomic mass is 16.5. The molecular weight excluding hydrogens is 400 g/mol. The van der Waals surface area contributed by atoms with E-state index in [1.165, 1.54) is 4.90 Å². The second kappa shape index (κ2) is 9.19. The molecule has 0 bridgehead atoms. The Bertz CT molecular complexity index is 1010. The number of imide groups is 1. The lowest BCUT2D eigenvalue weighted by Gasteiger charge is -2.32. The van der Waals surface area contributed by atoms with Crippen molar-refractivity contribution in [2.45, 2.75) is 40.5 Å². The Kier molecular flexibility index (Phi) is 6.35. The minimum atomic E-state index is -0.261. The van der Waals surface area contributed by atoms with Crippen LogP contribution in [-0.2, 0) is 9.59 Å². The summed E-state index contributed by atoms with van der Waals surface area (Å²) < 4.78 is 5.80. The fraction of sp³-hybridized carbons (Fsp3) is 0.407. The van der Waals surface area contributed by atoms with Crippen LogP contribution in [0.25, 0.3) is 5.57 Å². The number of likely N-dealkylation sites (tertiary alicyclic amines) is 1. The van der Waals surface area contributed by atoms with Gasteiger partial charge in [-0.05, 0) is 61.4 Å². The lowest BCUT2D eigenvalue weighted by Crippen LogP contribution is -2.38. The molecule has 0 aromatic heterocycles. The summed E-state index contributed by atoms with van der Waals surface area (Å²) in [5.74, 6) is 1.34. The molecule has 2 aliphatic heterocycles. The number of benzene rings is 2. The molecule has 0 saturated carbocycles. The van der Waals surface area contributed by atoms with Gasteiger partial charge in [0.2, 0.25) is 0 Å². The number of nitrogens with zero attached hydrogens (tertiary/aromatic N) is 2. The van der Waals surface area contributed by atoms with Crippen molar-refractivity contribution in [3.05, 3.63) is 65.4 Å². The molecule has 32 heavy (non-hydrogen) atoms. The molecule has 0 unspecified atom stereocenters. The third-order valence-electron chi connectivity index (χ3n) is 6.18. The molecule has 2 aromatic rings. The van der Waals surface area contributed by atoms with Gasteiger partial charge in [-0.15, -0.1) is 0 Å². The topological polar surface area (TPSA) is 49.9 Å². The van der Waals surface area contributed by atoms with E-state index >= 15 is 0 Å². The summed E-state index contributed by atoms with van der Waals surface area (Å²) in [5.41, 5.74) is 3.46. The number of anilines is 1. The highest BCUT2D eigenvalue weighted by Crippen LogP contribution is 2.36. The van der Waals surface area contributed by atoms with Crippen molar-refractivity contribution in [1.82, 2.24) is 4.90 Å². The number of aryl methyl sites for hydroxylation is 1. The molecular formula is C27H32N2O3. The van der Waals surface area contributed by atoms with Crippen LogP contribution in [0.3, 0.4) is 0 Å². The first-order chi connectivity index (χ1) is 15.3. The minimum Gasteiger partial charge on any atom is -0.493 e. The van der Waals surface area contributed by atoms with Crippen LogP contribution in [0.15, 0.2) is 54.2 Å². The van der Waals surface area contributed by atoms with E-state index in [9.17, 15) is 9.59 Å². The van der Waals surface area contributed by atoms with Crippen LogP contribution in [0.1, 0.15) is 44.7 Å². The van der Waals surface area contributed by atoms with E-state index in [0.717, 1.165) is 42.8 Å². The summed E-state index contributed by atoms with van der Waals surface area (Å²) in [6, 6.07) is 15.1. The summed E-state index contributed by atoms with van der Waals surface area (Å²) in [4.78, 5) is 30.6. The molecule has 5 heteroatoms. The summed E-state index contributed by atoms with van der Waals surface area (Å²) in [6.07, 6.45) is 2.04. The van der Waals surface area contributed by atoms with Gasteiger partial charge in [-0.1, -0.05) is 50.6 Å². The minimum absolute atomic E-state index is 0.233. The number of ether oxygens (including phenoxy) is 1. The number of amides is 2. The predicted octanol–water partition coefficient (Wildman–Crippen LogP) is 5.05. The third-order valence-corrected chi connectivity index (χ3v) is 6.18. The molecule has 168 valence electrons. The molecule has 0 radical (unpaired) electrons. The van der Waals surface area contributed by atoms with Crippen molar-refractivity contribution in [3.8, 4) is 5.75 Å². The second-order valence-corrected chi connectivity index (χ2v) is 9.40. The zero-order valence-electron chi connectivity index (χ0n) is 19.4. The van der Waals surface area contributed by atoms with Gasteiger partial charge in [0.05, 0.1) is 17.9 Å². The van der Waals surface area contributed by atoms with Crippen molar-refractivity contribution in [1.29, 1.82) is 0 Å². The Hall–Kier alpha value is -3.08. The monoisotopic (exact) mass is 432 g/mol. The largest absolute Gasteiger partial charge is 0.493 e. The summed E-state index contributed by atoms with van der Waals surface area (Å²) in [7, 11) is 0. The Morgan fingerprint density at radius 3 is 2.16 bits per heavy atom. The maximum absolute atomic E-state index is 13.6. The van der Waals surface area contributed by atoms with Gasteiger partial charge in [-0.25, -0.2) is 4.90 Å². The Morgan fingerprint density at radius 2 is 1.56 bits per heavy atom. The van der Waals surface area contributed by atoms with Gasteiger partial charge in [-0.3, -0.25) is 9.59 Å². The average molecular weight is 433 g/mol. The lowest BCUT2D eigenvalue weighted by molar-refractivity contribution is -0.120. The number of hydrogen-bond donors (Lipinski definition) is 0. The van der Waals surface area contributed by atoms with Gasteiger partial charge in [0.15, 0.2) is 0 Å². The Balaban J connectivity index is 1.71. The molecule has 2 aromatic carbocycles. The molecule has 0 aliphatic carbocycles. The molecule has 4 rings (SSSR count). The number of rotatable bonds is 6. The first-order valence-corrected chi connectivity index (χ1v) is 11.5. The summed E-state index contributed by atoms with van der Waals surface area (Å²) in [6.45, 7) is 10.7. The average Bonchev–Trinajstić information content (AvgIpc) is 3.04. The van der Waals surface area contributed by atoms with E-state index in [0.29, 0.717) is 35.4 Å². The highest BCUT2D eigenvalue weighted by molar-refractivity contribution is 6.45. The van der Waals surface area contributed by atoms with Gasteiger partial charge in [-0.2, -0.15) is 0 Å². The lowest BCUT2D eigenvalue weighted by atomic mass is 9.97. The number of carbonyl (C=O) groups excluding carboxylic acids is 2. The van der Waals surface area contributed by atoms with Crippen LogP contribution in [0.4, 0.5) is 5.69 Å². The summed E-state index contributed by atoms with van der Waals surface area (Å²) in [5, 5.41) is 0. The molecule has 5 nitrogen and oxygen atoms in total. The van der Waals surface area contributed by atoms with Crippen LogP contribution < -0.4 is 9.64 Å². The van der Waals surface area contributed by atoms with Gasteiger partial charge in [0.25, 0.3) is 11.8 Å². The smallest absolute Gasteiger partial charge is 0.282 e. The van der Waals surface area contributed by atoms with Gasteiger partial charge >= 0.3 is 0 Å². The number of hydrogen-bond acceptors (Lipinski definition) is 4. The van der Waals surface area contributed by atoms with Gasteiger partial charge in [0.1, 0.15) is 11.4 Å². The molecule has 1 fully saturated rings. The maximum atomic E-state index is 13.6. The van der Waals surface area contributed by atoms with E-state index in [1.807, 2.05) is 55.5 Å². The van der Waals surface area contributed by atoms with Crippen molar-refractivity contribution < 1.29 is 14.3 Å². The number of piperidine rings is 1. The standard InChI is InChI=1S/C27H32N2O3/c1-18(2)17-32-23-11-7-21(8-12-23)24-25(28-15-13-20(4)14-16-28)27(31)29(26(24)30)22-9-5-19(3)6-10-22/h5-12,18,20H,13-17H2,1-4H3. The van der Waals surface area contributed by atoms with Crippen LogP contribution in [0.5, 0.6) is 5.75 Å². The van der Waals surface area contributed by atoms with Crippen LogP contribution >= 0.6 is 0 Å². The van der Waals surface area contributed by atoms with Crippen LogP contribution in [-0.4, -0.2) is 36.4 Å². The Morgan fingerprint density at radius 1 is 0.938 bits per heavy atom. The quantitative estimate of drug-likeness (QED) is 0.600. The van der Waals surface area contributed by atoms with E-state index in [-0.39, 0.29) is 11.8 Å². The first-order valence-electron chi connectivity index (χ1n) is 11.5. The van der Waals surface area contributed by atoms with Crippen molar-refractivity contribution in [2.75, 3.05) is 24.6 Å². The molecule has 0 N–H and O–H groups in total. The van der Waals surface area contributed by atoms with E-state index in [4.69, 9.17) is 4.74 Å². The second-order valence-electron chi connectivity index (χ2n) is 9.40.